The normalized spacial score (nSPS) is 10.6. The van der Waals surface area contributed by atoms with E-state index in [0.717, 1.165) is 17.3 Å². The van der Waals surface area contributed by atoms with Gasteiger partial charge in [0.25, 0.3) is 0 Å². The minimum atomic E-state index is -0.556. The second-order valence-electron chi connectivity index (χ2n) is 5.84. The van der Waals surface area contributed by atoms with Crippen molar-refractivity contribution in [3.63, 3.8) is 0 Å². The zero-order valence-electron chi connectivity index (χ0n) is 15.1. The van der Waals surface area contributed by atoms with E-state index in [1.165, 1.54) is 19.3 Å². The molecule has 0 aromatic heterocycles. The summed E-state index contributed by atoms with van der Waals surface area (Å²) in [5.41, 5.74) is 3.01. The van der Waals surface area contributed by atoms with E-state index in [1.807, 2.05) is 42.5 Å². The van der Waals surface area contributed by atoms with E-state index >= 15 is 0 Å². The Balaban J connectivity index is 1.76. The van der Waals surface area contributed by atoms with Gasteiger partial charge in [-0.2, -0.15) is 0 Å². The van der Waals surface area contributed by atoms with Gasteiger partial charge >= 0.3 is 5.97 Å². The third-order valence-electron chi connectivity index (χ3n) is 4.01. The quantitative estimate of drug-likeness (QED) is 0.267. The summed E-state index contributed by atoms with van der Waals surface area (Å²) < 4.78 is 10.7. The highest BCUT2D eigenvalue weighted by Crippen LogP contribution is 2.29. The van der Waals surface area contributed by atoms with Crippen molar-refractivity contribution in [2.75, 3.05) is 7.11 Å². The number of methoxy groups -OCH3 is 1. The van der Waals surface area contributed by atoms with Crippen LogP contribution in [0.2, 0.25) is 0 Å². The number of hydrogen-bond acceptors (Lipinski definition) is 5. The lowest BCUT2D eigenvalue weighted by atomic mass is 10.0. The number of benzene rings is 3. The molecule has 0 aliphatic heterocycles. The van der Waals surface area contributed by atoms with Crippen molar-refractivity contribution in [3.05, 3.63) is 100 Å². The van der Waals surface area contributed by atoms with Crippen LogP contribution >= 0.6 is 0 Å². The molecule has 0 bridgehead atoms. The molecule has 3 rings (SSSR count). The summed E-state index contributed by atoms with van der Waals surface area (Å²) in [5.74, 6) is 0.0177. The van der Waals surface area contributed by atoms with Crippen molar-refractivity contribution < 1.29 is 19.2 Å². The van der Waals surface area contributed by atoms with Gasteiger partial charge in [-0.05, 0) is 41.0 Å². The average Bonchev–Trinajstić information content (AvgIpc) is 2.73. The Morgan fingerprint density at radius 3 is 2.25 bits per heavy atom. The van der Waals surface area contributed by atoms with E-state index in [4.69, 9.17) is 9.47 Å². The Kier molecular flexibility index (Phi) is 5.81. The van der Waals surface area contributed by atoms with Crippen LogP contribution in [0.1, 0.15) is 15.9 Å². The summed E-state index contributed by atoms with van der Waals surface area (Å²) in [6.45, 7) is 0. The number of nitro groups is 1. The molecule has 0 aliphatic carbocycles. The highest BCUT2D eigenvalue weighted by atomic mass is 16.6. The van der Waals surface area contributed by atoms with Crippen molar-refractivity contribution >= 4 is 12.0 Å². The van der Waals surface area contributed by atoms with Crippen LogP contribution in [0.3, 0.4) is 0 Å². The van der Waals surface area contributed by atoms with Crippen LogP contribution in [0.25, 0.3) is 17.2 Å². The molecular formula is C22H17NO5. The molecule has 6 nitrogen and oxygen atoms in total. The predicted molar refractivity (Wildman–Crippen MR) is 106 cm³/mol. The fourth-order valence-corrected chi connectivity index (χ4v) is 2.61. The van der Waals surface area contributed by atoms with Crippen LogP contribution < -0.4 is 9.47 Å². The van der Waals surface area contributed by atoms with Crippen LogP contribution in [-0.4, -0.2) is 18.0 Å². The maximum atomic E-state index is 12.4. The highest BCUT2D eigenvalue weighted by Gasteiger charge is 2.13. The molecule has 0 radical (unpaired) electrons. The van der Waals surface area contributed by atoms with Gasteiger partial charge in [0.05, 0.1) is 17.6 Å². The van der Waals surface area contributed by atoms with Crippen molar-refractivity contribution in [2.45, 2.75) is 0 Å². The predicted octanol–water partition coefficient (Wildman–Crippen LogP) is 4.83. The van der Waals surface area contributed by atoms with E-state index in [2.05, 4.69) is 0 Å². The van der Waals surface area contributed by atoms with Gasteiger partial charge in [-0.1, -0.05) is 48.5 Å². The summed E-state index contributed by atoms with van der Waals surface area (Å²) in [5, 5.41) is 10.4. The van der Waals surface area contributed by atoms with Crippen LogP contribution in [0.4, 0.5) is 0 Å². The van der Waals surface area contributed by atoms with Gasteiger partial charge in [-0.3, -0.25) is 10.1 Å². The molecule has 0 spiro atoms. The monoisotopic (exact) mass is 375 g/mol. The van der Waals surface area contributed by atoms with Crippen LogP contribution in [-0.2, 0) is 0 Å². The molecule has 28 heavy (non-hydrogen) atoms. The van der Waals surface area contributed by atoms with Crippen molar-refractivity contribution in [1.82, 2.24) is 0 Å². The third kappa shape index (κ3) is 4.62. The summed E-state index contributed by atoms with van der Waals surface area (Å²) in [6.07, 6.45) is 2.16. The Hall–Kier alpha value is -3.93. The fraction of sp³-hybridized carbons (Fsp3) is 0.0455. The zero-order valence-corrected chi connectivity index (χ0v) is 15.1. The molecule has 3 aromatic carbocycles. The van der Waals surface area contributed by atoms with E-state index in [0.29, 0.717) is 16.9 Å². The Bertz CT molecular complexity index is 1010. The van der Waals surface area contributed by atoms with E-state index in [1.54, 1.807) is 24.3 Å². The number of rotatable bonds is 6. The molecule has 6 heteroatoms. The maximum Gasteiger partial charge on any atom is 0.343 e. The molecule has 3 aromatic rings. The maximum absolute atomic E-state index is 12.4. The largest absolute Gasteiger partial charge is 0.493 e. The minimum absolute atomic E-state index is 0.234. The van der Waals surface area contributed by atoms with Gasteiger partial charge in [-0.15, -0.1) is 0 Å². The number of ether oxygens (including phenoxy) is 2. The van der Waals surface area contributed by atoms with E-state index in [-0.39, 0.29) is 5.75 Å². The second-order valence-corrected chi connectivity index (χ2v) is 5.84. The Morgan fingerprint density at radius 2 is 1.61 bits per heavy atom. The number of esters is 1. The van der Waals surface area contributed by atoms with Gasteiger partial charge in [0.2, 0.25) is 6.20 Å². The lowest BCUT2D eigenvalue weighted by molar-refractivity contribution is -0.400. The van der Waals surface area contributed by atoms with Crippen LogP contribution in [0.5, 0.6) is 11.5 Å². The van der Waals surface area contributed by atoms with E-state index < -0.39 is 10.9 Å². The number of carbonyl (C=O) groups is 1. The second kappa shape index (κ2) is 8.64. The smallest absolute Gasteiger partial charge is 0.343 e. The molecule has 0 unspecified atom stereocenters. The van der Waals surface area contributed by atoms with E-state index in [9.17, 15) is 14.9 Å². The molecular weight excluding hydrogens is 358 g/mol. The number of carbonyl (C=O) groups excluding carboxylic acids is 1. The number of nitrogens with zero attached hydrogens (tertiary/aromatic N) is 1. The fourth-order valence-electron chi connectivity index (χ4n) is 2.61. The summed E-state index contributed by atoms with van der Waals surface area (Å²) in [6, 6.07) is 21.6. The van der Waals surface area contributed by atoms with Crippen molar-refractivity contribution in [3.8, 4) is 22.6 Å². The van der Waals surface area contributed by atoms with Crippen molar-refractivity contribution in [2.24, 2.45) is 0 Å². The molecule has 0 saturated heterocycles. The lowest BCUT2D eigenvalue weighted by Crippen LogP contribution is -2.09. The summed E-state index contributed by atoms with van der Waals surface area (Å²) >= 11 is 0. The topological polar surface area (TPSA) is 78.7 Å². The first-order chi connectivity index (χ1) is 13.6. The first kappa shape index (κ1) is 18.8. The molecule has 0 amide bonds. The summed E-state index contributed by atoms with van der Waals surface area (Å²) in [4.78, 5) is 22.3. The molecule has 140 valence electrons. The lowest BCUT2D eigenvalue weighted by Gasteiger charge is -2.10. The minimum Gasteiger partial charge on any atom is -0.493 e. The van der Waals surface area contributed by atoms with Gasteiger partial charge in [0.1, 0.15) is 0 Å². The van der Waals surface area contributed by atoms with Gasteiger partial charge < -0.3 is 9.47 Å². The number of hydrogen-bond donors (Lipinski definition) is 0. The zero-order chi connectivity index (χ0) is 19.9. The van der Waals surface area contributed by atoms with Gasteiger partial charge in [-0.25, -0.2) is 4.79 Å². The molecule has 0 N–H and O–H groups in total. The first-order valence-electron chi connectivity index (χ1n) is 8.44. The Labute approximate surface area is 161 Å². The first-order valence-corrected chi connectivity index (χ1v) is 8.44. The third-order valence-corrected chi connectivity index (χ3v) is 4.01. The molecule has 0 saturated carbocycles. The SMILES string of the molecule is COc1cc(C=C[N+](=O)[O-])ccc1OC(=O)c1ccc(-c2ccccc2)cc1. The van der Waals surface area contributed by atoms with Gasteiger partial charge in [0, 0.05) is 6.08 Å². The van der Waals surface area contributed by atoms with Gasteiger partial charge in [0.15, 0.2) is 11.5 Å². The Morgan fingerprint density at radius 1 is 0.929 bits per heavy atom. The molecule has 0 fully saturated rings. The molecule has 0 heterocycles. The summed E-state index contributed by atoms with van der Waals surface area (Å²) in [7, 11) is 1.43. The van der Waals surface area contributed by atoms with Crippen LogP contribution in [0.15, 0.2) is 79.0 Å². The standard InChI is InChI=1S/C22H17NO5/c1-27-21-15-16(13-14-23(25)26)7-12-20(21)28-22(24)19-10-8-18(9-11-19)17-5-3-2-4-6-17/h2-15H,1H3. The molecule has 0 atom stereocenters. The van der Waals surface area contributed by atoms with Crippen LogP contribution in [0, 0.1) is 10.1 Å². The van der Waals surface area contributed by atoms with Crippen molar-refractivity contribution in [1.29, 1.82) is 0 Å². The average molecular weight is 375 g/mol. The molecule has 0 aliphatic rings. The highest BCUT2D eigenvalue weighted by molar-refractivity contribution is 5.92.